The molecule has 0 fully saturated rings. The summed E-state index contributed by atoms with van der Waals surface area (Å²) in [5.74, 6) is 0.856. The minimum atomic E-state index is 0.0344. The summed E-state index contributed by atoms with van der Waals surface area (Å²) >= 11 is 0. The number of nitrogens with zero attached hydrogens (tertiary/aromatic N) is 1. The highest BCUT2D eigenvalue weighted by molar-refractivity contribution is 6.00. The molecule has 0 spiro atoms. The third-order valence-corrected chi connectivity index (χ3v) is 5.90. The maximum Gasteiger partial charge on any atom is 0.119 e. The molecule has 0 amide bonds. The Hall–Kier alpha value is -4.04. The highest BCUT2D eigenvalue weighted by atomic mass is 16.5. The lowest BCUT2D eigenvalue weighted by atomic mass is 9.83. The van der Waals surface area contributed by atoms with Gasteiger partial charge in [-0.2, -0.15) is 0 Å². The third kappa shape index (κ3) is 3.83. The molecule has 0 N–H and O–H groups in total. The molecule has 0 aliphatic carbocycles. The number of hydrogen-bond acceptors (Lipinski definition) is 2. The zero-order valence-electron chi connectivity index (χ0n) is 18.1. The van der Waals surface area contributed by atoms with Gasteiger partial charge in [0, 0.05) is 11.9 Å². The fourth-order valence-corrected chi connectivity index (χ4v) is 4.37. The molecule has 32 heavy (non-hydrogen) atoms. The van der Waals surface area contributed by atoms with E-state index in [0.29, 0.717) is 0 Å². The Labute approximate surface area is 189 Å². The van der Waals surface area contributed by atoms with Crippen LogP contribution in [0.25, 0.3) is 11.1 Å². The first-order valence-corrected chi connectivity index (χ1v) is 10.9. The summed E-state index contributed by atoms with van der Waals surface area (Å²) in [4.78, 5) is 2.35. The molecule has 4 aromatic carbocycles. The van der Waals surface area contributed by atoms with Crippen molar-refractivity contribution in [2.24, 2.45) is 0 Å². The molecule has 1 aliphatic heterocycles. The van der Waals surface area contributed by atoms with Crippen molar-refractivity contribution in [1.82, 2.24) is 0 Å². The van der Waals surface area contributed by atoms with Gasteiger partial charge in [0.05, 0.1) is 13.2 Å². The van der Waals surface area contributed by atoms with Gasteiger partial charge in [-0.1, -0.05) is 91.0 Å². The van der Waals surface area contributed by atoms with Crippen LogP contribution >= 0.6 is 0 Å². The molecule has 0 bridgehead atoms. The van der Waals surface area contributed by atoms with E-state index >= 15 is 0 Å². The van der Waals surface area contributed by atoms with Crippen molar-refractivity contribution in [3.05, 3.63) is 144 Å². The van der Waals surface area contributed by atoms with E-state index in [4.69, 9.17) is 4.74 Å². The summed E-state index contributed by atoms with van der Waals surface area (Å²) in [5.41, 5.74) is 7.36. The molecule has 1 unspecified atom stereocenters. The highest BCUT2D eigenvalue weighted by Gasteiger charge is 2.30. The molecule has 0 aromatic heterocycles. The van der Waals surface area contributed by atoms with Crippen molar-refractivity contribution in [2.45, 2.75) is 6.04 Å². The van der Waals surface area contributed by atoms with E-state index in [2.05, 4.69) is 120 Å². The smallest absolute Gasteiger partial charge is 0.119 e. The molecule has 1 heterocycles. The molecule has 2 heteroatoms. The van der Waals surface area contributed by atoms with E-state index in [1.807, 2.05) is 12.1 Å². The number of allylic oxidation sites excluding steroid dienone is 2. The number of benzene rings is 4. The first-order valence-electron chi connectivity index (χ1n) is 10.9. The van der Waals surface area contributed by atoms with Crippen LogP contribution in [0.1, 0.15) is 22.7 Å². The molecule has 1 atom stereocenters. The van der Waals surface area contributed by atoms with E-state index in [-0.39, 0.29) is 6.04 Å². The maximum atomic E-state index is 5.39. The van der Waals surface area contributed by atoms with Crippen LogP contribution in [0.2, 0.25) is 0 Å². The quantitative estimate of drug-likeness (QED) is 0.337. The van der Waals surface area contributed by atoms with Gasteiger partial charge in [0.15, 0.2) is 0 Å². The average Bonchev–Trinajstić information content (AvgIpc) is 2.89. The van der Waals surface area contributed by atoms with E-state index in [9.17, 15) is 0 Å². The lowest BCUT2D eigenvalue weighted by molar-refractivity contribution is 0.415. The van der Waals surface area contributed by atoms with Crippen LogP contribution < -0.4 is 9.64 Å². The van der Waals surface area contributed by atoms with Gasteiger partial charge in [0.25, 0.3) is 0 Å². The average molecular weight is 416 g/mol. The van der Waals surface area contributed by atoms with Gasteiger partial charge < -0.3 is 9.64 Å². The summed E-state index contributed by atoms with van der Waals surface area (Å²) < 4.78 is 5.39. The lowest BCUT2D eigenvalue weighted by Crippen LogP contribution is -2.27. The van der Waals surface area contributed by atoms with Crippen molar-refractivity contribution >= 4 is 16.8 Å². The first kappa shape index (κ1) is 19.9. The fourth-order valence-electron chi connectivity index (χ4n) is 4.37. The second-order valence-electron chi connectivity index (χ2n) is 7.79. The summed E-state index contributed by atoms with van der Waals surface area (Å²) in [7, 11) is 1.70. The Morgan fingerprint density at radius 3 is 1.78 bits per heavy atom. The predicted molar refractivity (Wildman–Crippen MR) is 133 cm³/mol. The second-order valence-corrected chi connectivity index (χ2v) is 7.79. The van der Waals surface area contributed by atoms with Crippen LogP contribution in [0, 0.1) is 0 Å². The number of ether oxygens (including phenoxy) is 1. The zero-order valence-corrected chi connectivity index (χ0v) is 18.1. The Bertz CT molecular complexity index is 1230. The van der Waals surface area contributed by atoms with Crippen molar-refractivity contribution in [3.63, 3.8) is 0 Å². The molecule has 0 saturated heterocycles. The van der Waals surface area contributed by atoms with E-state index in [1.165, 1.54) is 27.8 Å². The summed E-state index contributed by atoms with van der Waals surface area (Å²) in [6.07, 6.45) is 4.44. The lowest BCUT2D eigenvalue weighted by Gasteiger charge is -2.37. The van der Waals surface area contributed by atoms with Crippen LogP contribution in [0.4, 0.5) is 5.69 Å². The number of hydrogen-bond donors (Lipinski definition) is 0. The molecular weight excluding hydrogens is 390 g/mol. The fraction of sp³-hybridized carbons (Fsp3) is 0.0667. The van der Waals surface area contributed by atoms with E-state index in [1.54, 1.807) is 7.11 Å². The predicted octanol–water partition coefficient (Wildman–Crippen LogP) is 7.38. The minimum absolute atomic E-state index is 0.0344. The SMILES string of the molecule is COc1ccc(N2C=CC(c3ccccc3)=C(c3ccccc3)C2c2ccccc2)cc1. The van der Waals surface area contributed by atoms with Gasteiger partial charge in [-0.3, -0.25) is 0 Å². The van der Waals surface area contributed by atoms with Gasteiger partial charge in [-0.25, -0.2) is 0 Å². The van der Waals surface area contributed by atoms with Crippen LogP contribution in [0.5, 0.6) is 5.75 Å². The Balaban J connectivity index is 1.74. The normalized spacial score (nSPS) is 15.7. The maximum absolute atomic E-state index is 5.39. The minimum Gasteiger partial charge on any atom is -0.497 e. The van der Waals surface area contributed by atoms with Gasteiger partial charge in [-0.05, 0) is 58.2 Å². The standard InChI is InChI=1S/C30H25NO/c1-32-27-19-17-26(18-20-27)31-22-21-28(23-11-5-2-6-12-23)29(24-13-7-3-8-14-24)30(31)25-15-9-4-10-16-25/h2-22,30H,1H3. The van der Waals surface area contributed by atoms with Gasteiger partial charge in [0.1, 0.15) is 5.75 Å². The van der Waals surface area contributed by atoms with Crippen molar-refractivity contribution in [1.29, 1.82) is 0 Å². The second kappa shape index (κ2) is 8.99. The van der Waals surface area contributed by atoms with Crippen LogP contribution in [-0.4, -0.2) is 7.11 Å². The summed E-state index contributed by atoms with van der Waals surface area (Å²) in [6.45, 7) is 0. The number of anilines is 1. The molecule has 0 radical (unpaired) electrons. The van der Waals surface area contributed by atoms with Crippen LogP contribution in [-0.2, 0) is 0 Å². The molecule has 5 rings (SSSR count). The van der Waals surface area contributed by atoms with Crippen LogP contribution in [0.15, 0.2) is 128 Å². The van der Waals surface area contributed by atoms with Gasteiger partial charge in [-0.15, -0.1) is 0 Å². The molecule has 2 nitrogen and oxygen atoms in total. The molecule has 156 valence electrons. The topological polar surface area (TPSA) is 12.5 Å². The van der Waals surface area contributed by atoms with Crippen molar-refractivity contribution in [3.8, 4) is 5.75 Å². The summed E-state index contributed by atoms with van der Waals surface area (Å²) in [6, 6.07) is 40.4. The zero-order chi connectivity index (χ0) is 21.8. The van der Waals surface area contributed by atoms with E-state index in [0.717, 1.165) is 11.4 Å². The largest absolute Gasteiger partial charge is 0.497 e. The first-order chi connectivity index (χ1) is 15.8. The van der Waals surface area contributed by atoms with Crippen molar-refractivity contribution < 1.29 is 4.74 Å². The monoisotopic (exact) mass is 415 g/mol. The third-order valence-electron chi connectivity index (χ3n) is 5.90. The van der Waals surface area contributed by atoms with Gasteiger partial charge >= 0.3 is 0 Å². The highest BCUT2D eigenvalue weighted by Crippen LogP contribution is 2.45. The molecular formula is C30H25NO. The Morgan fingerprint density at radius 1 is 0.625 bits per heavy atom. The molecule has 4 aromatic rings. The molecule has 0 saturated carbocycles. The Morgan fingerprint density at radius 2 is 1.19 bits per heavy atom. The van der Waals surface area contributed by atoms with Crippen LogP contribution in [0.3, 0.4) is 0 Å². The summed E-state index contributed by atoms with van der Waals surface area (Å²) in [5, 5.41) is 0. The Kier molecular flexibility index (Phi) is 5.59. The van der Waals surface area contributed by atoms with Gasteiger partial charge in [0.2, 0.25) is 0 Å². The van der Waals surface area contributed by atoms with E-state index < -0.39 is 0 Å². The number of methoxy groups -OCH3 is 1. The molecule has 1 aliphatic rings. The number of rotatable bonds is 5. The van der Waals surface area contributed by atoms with Crippen molar-refractivity contribution in [2.75, 3.05) is 12.0 Å².